The van der Waals surface area contributed by atoms with Crippen LogP contribution in [-0.2, 0) is 4.79 Å². The highest BCUT2D eigenvalue weighted by Gasteiger charge is 2.24. The topological polar surface area (TPSA) is 66.6 Å². The van der Waals surface area contributed by atoms with Gasteiger partial charge < -0.3 is 15.7 Å². The zero-order valence-electron chi connectivity index (χ0n) is 10.4. The first-order valence-corrected chi connectivity index (χ1v) is 6.16. The molecule has 1 saturated carbocycles. The first kappa shape index (κ1) is 13.5. The predicted molar refractivity (Wildman–Crippen MR) is 63.9 cm³/mol. The summed E-state index contributed by atoms with van der Waals surface area (Å²) in [6.07, 6.45) is 4.88. The molecule has 0 radical (unpaired) electrons. The number of likely N-dealkylation sites (N-methyl/N-ethyl adjacent to an activating group) is 1. The van der Waals surface area contributed by atoms with Gasteiger partial charge >= 0.3 is 0 Å². The van der Waals surface area contributed by atoms with Crippen molar-refractivity contribution in [2.45, 2.75) is 51.1 Å². The molecule has 94 valence electrons. The van der Waals surface area contributed by atoms with Crippen molar-refractivity contribution in [1.82, 2.24) is 4.90 Å². The molecule has 0 aromatic heterocycles. The Kier molecular flexibility index (Phi) is 5.22. The molecule has 1 fully saturated rings. The molecule has 16 heavy (non-hydrogen) atoms. The Bertz CT molecular complexity index is 233. The first-order chi connectivity index (χ1) is 7.54. The minimum Gasteiger partial charge on any atom is -0.394 e. The van der Waals surface area contributed by atoms with Crippen LogP contribution in [0.1, 0.15) is 39.0 Å². The van der Waals surface area contributed by atoms with E-state index in [2.05, 4.69) is 0 Å². The summed E-state index contributed by atoms with van der Waals surface area (Å²) in [6.45, 7) is 1.87. The Morgan fingerprint density at radius 3 is 2.81 bits per heavy atom. The Morgan fingerprint density at radius 1 is 1.56 bits per heavy atom. The van der Waals surface area contributed by atoms with Gasteiger partial charge in [-0.05, 0) is 32.1 Å². The second-order valence-electron chi connectivity index (χ2n) is 5.03. The van der Waals surface area contributed by atoms with Gasteiger partial charge in [-0.3, -0.25) is 4.79 Å². The lowest BCUT2D eigenvalue weighted by molar-refractivity contribution is -0.133. The Labute approximate surface area is 97.8 Å². The number of aliphatic hydroxyl groups excluding tert-OH is 1. The summed E-state index contributed by atoms with van der Waals surface area (Å²) in [4.78, 5) is 13.5. The molecule has 4 heteroatoms. The van der Waals surface area contributed by atoms with Crippen LogP contribution in [0.5, 0.6) is 0 Å². The molecule has 0 bridgehead atoms. The van der Waals surface area contributed by atoms with Crippen LogP contribution in [0.25, 0.3) is 0 Å². The Morgan fingerprint density at radius 2 is 2.25 bits per heavy atom. The number of hydrogen-bond acceptors (Lipinski definition) is 3. The standard InChI is InChI=1S/C12H24N2O2/c1-9(8-15)14(2)12(16)7-10-4-3-5-11(13)6-10/h9-11,15H,3-8,13H2,1-2H3. The van der Waals surface area contributed by atoms with Crippen molar-refractivity contribution in [1.29, 1.82) is 0 Å². The van der Waals surface area contributed by atoms with Crippen LogP contribution in [0.4, 0.5) is 0 Å². The van der Waals surface area contributed by atoms with Gasteiger partial charge in [0.25, 0.3) is 0 Å². The fourth-order valence-electron chi connectivity index (χ4n) is 2.28. The quantitative estimate of drug-likeness (QED) is 0.745. The van der Waals surface area contributed by atoms with Crippen molar-refractivity contribution < 1.29 is 9.90 Å². The minimum absolute atomic E-state index is 0.0203. The number of carbonyl (C=O) groups is 1. The normalized spacial score (nSPS) is 27.5. The number of nitrogens with two attached hydrogens (primary N) is 1. The molecule has 3 atom stereocenters. The second-order valence-corrected chi connectivity index (χ2v) is 5.03. The summed E-state index contributed by atoms with van der Waals surface area (Å²) < 4.78 is 0. The molecule has 1 aliphatic carbocycles. The van der Waals surface area contributed by atoms with Crippen molar-refractivity contribution in [2.24, 2.45) is 11.7 Å². The van der Waals surface area contributed by atoms with E-state index < -0.39 is 0 Å². The van der Waals surface area contributed by atoms with Crippen LogP contribution in [0.3, 0.4) is 0 Å². The molecule has 1 aliphatic rings. The fourth-order valence-corrected chi connectivity index (χ4v) is 2.28. The summed E-state index contributed by atoms with van der Waals surface area (Å²) in [5.74, 6) is 0.560. The molecule has 0 heterocycles. The Hall–Kier alpha value is -0.610. The molecule has 4 nitrogen and oxygen atoms in total. The van der Waals surface area contributed by atoms with Gasteiger partial charge in [-0.25, -0.2) is 0 Å². The van der Waals surface area contributed by atoms with Gasteiger partial charge in [-0.15, -0.1) is 0 Å². The van der Waals surface area contributed by atoms with Gasteiger partial charge in [0.15, 0.2) is 0 Å². The number of amides is 1. The number of hydrogen-bond donors (Lipinski definition) is 2. The molecule has 0 aromatic carbocycles. The van der Waals surface area contributed by atoms with E-state index in [1.807, 2.05) is 6.92 Å². The van der Waals surface area contributed by atoms with Crippen molar-refractivity contribution in [3.8, 4) is 0 Å². The van der Waals surface area contributed by atoms with Gasteiger partial charge in [-0.2, -0.15) is 0 Å². The van der Waals surface area contributed by atoms with Crippen LogP contribution in [-0.4, -0.2) is 41.7 Å². The number of rotatable bonds is 4. The van der Waals surface area contributed by atoms with E-state index in [-0.39, 0.29) is 24.6 Å². The number of nitrogens with zero attached hydrogens (tertiary/aromatic N) is 1. The van der Waals surface area contributed by atoms with Gasteiger partial charge in [0.1, 0.15) is 0 Å². The van der Waals surface area contributed by atoms with Crippen LogP contribution in [0, 0.1) is 5.92 Å². The average molecular weight is 228 g/mol. The predicted octanol–water partition coefficient (Wildman–Crippen LogP) is 0.733. The molecule has 1 rings (SSSR count). The summed E-state index contributed by atoms with van der Waals surface area (Å²) in [5.41, 5.74) is 5.90. The fraction of sp³-hybridized carbons (Fsp3) is 0.917. The molecule has 0 spiro atoms. The van der Waals surface area contributed by atoms with Crippen molar-refractivity contribution >= 4 is 5.91 Å². The summed E-state index contributed by atoms with van der Waals surface area (Å²) in [6, 6.07) is 0.178. The van der Waals surface area contributed by atoms with Crippen LogP contribution in [0.15, 0.2) is 0 Å². The SMILES string of the molecule is CC(CO)N(C)C(=O)CC1CCCC(N)C1. The Balaban J connectivity index is 2.38. The summed E-state index contributed by atoms with van der Waals surface area (Å²) >= 11 is 0. The summed E-state index contributed by atoms with van der Waals surface area (Å²) in [5, 5.41) is 8.99. The van der Waals surface area contributed by atoms with Gasteiger partial charge in [0, 0.05) is 19.5 Å². The van der Waals surface area contributed by atoms with Crippen molar-refractivity contribution in [3.05, 3.63) is 0 Å². The second kappa shape index (κ2) is 6.21. The van der Waals surface area contributed by atoms with E-state index in [0.717, 1.165) is 25.7 Å². The van der Waals surface area contributed by atoms with Gasteiger partial charge in [-0.1, -0.05) is 6.42 Å². The monoisotopic (exact) mass is 228 g/mol. The van der Waals surface area contributed by atoms with Crippen molar-refractivity contribution in [3.63, 3.8) is 0 Å². The maximum absolute atomic E-state index is 11.9. The number of aliphatic hydroxyl groups is 1. The third-order valence-corrected chi connectivity index (χ3v) is 3.61. The average Bonchev–Trinajstić information content (AvgIpc) is 2.27. The van der Waals surface area contributed by atoms with Crippen LogP contribution < -0.4 is 5.73 Å². The molecule has 0 aromatic rings. The maximum atomic E-state index is 11.9. The largest absolute Gasteiger partial charge is 0.394 e. The molecule has 1 amide bonds. The zero-order valence-corrected chi connectivity index (χ0v) is 10.4. The first-order valence-electron chi connectivity index (χ1n) is 6.16. The lowest BCUT2D eigenvalue weighted by Crippen LogP contribution is -2.39. The third kappa shape index (κ3) is 3.76. The van der Waals surface area contributed by atoms with Gasteiger partial charge in [0.2, 0.25) is 5.91 Å². The highest BCUT2D eigenvalue weighted by atomic mass is 16.3. The lowest BCUT2D eigenvalue weighted by atomic mass is 9.84. The molecular formula is C12H24N2O2. The minimum atomic E-state index is -0.0928. The summed E-state index contributed by atoms with van der Waals surface area (Å²) in [7, 11) is 1.76. The highest BCUT2D eigenvalue weighted by Crippen LogP contribution is 2.26. The van der Waals surface area contributed by atoms with E-state index in [4.69, 9.17) is 10.8 Å². The smallest absolute Gasteiger partial charge is 0.222 e. The molecule has 3 unspecified atom stereocenters. The van der Waals surface area contributed by atoms with E-state index in [1.165, 1.54) is 0 Å². The van der Waals surface area contributed by atoms with Gasteiger partial charge in [0.05, 0.1) is 12.6 Å². The van der Waals surface area contributed by atoms with Crippen LogP contribution in [0.2, 0.25) is 0 Å². The number of carbonyl (C=O) groups excluding carboxylic acids is 1. The van der Waals surface area contributed by atoms with E-state index in [9.17, 15) is 4.79 Å². The maximum Gasteiger partial charge on any atom is 0.222 e. The van der Waals surface area contributed by atoms with E-state index in [1.54, 1.807) is 11.9 Å². The molecular weight excluding hydrogens is 204 g/mol. The molecule has 0 aliphatic heterocycles. The molecule has 3 N–H and O–H groups in total. The molecule has 0 saturated heterocycles. The lowest BCUT2D eigenvalue weighted by Gasteiger charge is -2.29. The van der Waals surface area contributed by atoms with E-state index >= 15 is 0 Å². The third-order valence-electron chi connectivity index (χ3n) is 3.61. The van der Waals surface area contributed by atoms with Crippen molar-refractivity contribution in [2.75, 3.05) is 13.7 Å². The zero-order chi connectivity index (χ0) is 12.1. The van der Waals surface area contributed by atoms with E-state index in [0.29, 0.717) is 12.3 Å². The highest BCUT2D eigenvalue weighted by molar-refractivity contribution is 5.76. The van der Waals surface area contributed by atoms with Crippen LogP contribution >= 0.6 is 0 Å².